The second-order valence-electron chi connectivity index (χ2n) is 6.82. The van der Waals surface area contributed by atoms with E-state index < -0.39 is 29.2 Å². The highest BCUT2D eigenvalue weighted by Crippen LogP contribution is 2.25. The summed E-state index contributed by atoms with van der Waals surface area (Å²) in [5.41, 5.74) is 0.261. The van der Waals surface area contributed by atoms with Gasteiger partial charge in [0.1, 0.15) is 27.8 Å². The number of hydrogen-bond donors (Lipinski definition) is 1. The molecule has 0 aliphatic carbocycles. The molecule has 1 N–H and O–H groups in total. The Hall–Kier alpha value is -2.81. The number of aromatic nitrogens is 3. The summed E-state index contributed by atoms with van der Waals surface area (Å²) in [4.78, 5) is 27.6. The first kappa shape index (κ1) is 24.5. The first-order valence-electron chi connectivity index (χ1n) is 9.80. The van der Waals surface area contributed by atoms with E-state index in [1.165, 1.54) is 23.6 Å². The van der Waals surface area contributed by atoms with E-state index in [4.69, 9.17) is 0 Å². The monoisotopic (exact) mass is 451 g/mol. The zero-order valence-electron chi connectivity index (χ0n) is 17.8. The van der Waals surface area contributed by atoms with Gasteiger partial charge in [-0.3, -0.25) is 9.59 Å². The second kappa shape index (κ2) is 11.0. The highest BCUT2D eigenvalue weighted by Gasteiger charge is 2.23. The largest absolute Gasteiger partial charge is 0.358 e. The maximum Gasteiger partial charge on any atom is 0.200 e. The molecule has 0 fully saturated rings. The lowest BCUT2D eigenvalue weighted by Crippen LogP contribution is -2.06. The van der Waals surface area contributed by atoms with E-state index >= 15 is 0 Å². The summed E-state index contributed by atoms with van der Waals surface area (Å²) in [6.45, 7) is 5.92. The highest BCUT2D eigenvalue weighted by atomic mass is 32.1. The van der Waals surface area contributed by atoms with E-state index in [0.29, 0.717) is 17.5 Å². The lowest BCUT2D eigenvalue weighted by molar-refractivity contribution is 0.0978. The Kier molecular flexibility index (Phi) is 8.67. The molecule has 0 aliphatic rings. The SMILES string of the molecule is CC=C(CC)c1nnc(CCC(=O)c2cc(C(=O)C(C(F)=CC(C)F)=C(C)F)c[nH]2)s1. The Morgan fingerprint density at radius 3 is 2.58 bits per heavy atom. The summed E-state index contributed by atoms with van der Waals surface area (Å²) in [6, 6.07) is 1.24. The molecular formula is C22H24F3N3O2S. The third-order valence-electron chi connectivity index (χ3n) is 4.47. The number of halogens is 3. The number of nitrogens with zero attached hydrogens (tertiary/aromatic N) is 2. The molecular weight excluding hydrogens is 427 g/mol. The van der Waals surface area contributed by atoms with Crippen LogP contribution in [0, 0.1) is 0 Å². The van der Waals surface area contributed by atoms with Crippen LogP contribution >= 0.6 is 11.3 Å². The number of hydrogen-bond acceptors (Lipinski definition) is 5. The van der Waals surface area contributed by atoms with Crippen molar-refractivity contribution in [1.29, 1.82) is 0 Å². The van der Waals surface area contributed by atoms with E-state index in [1.807, 2.05) is 19.9 Å². The number of nitrogens with one attached hydrogen (secondary N) is 1. The van der Waals surface area contributed by atoms with Crippen LogP contribution in [-0.2, 0) is 6.42 Å². The maximum atomic E-state index is 14.1. The summed E-state index contributed by atoms with van der Waals surface area (Å²) < 4.78 is 40.9. The molecule has 5 nitrogen and oxygen atoms in total. The van der Waals surface area contributed by atoms with Crippen LogP contribution in [0.5, 0.6) is 0 Å². The van der Waals surface area contributed by atoms with Crippen LogP contribution in [-0.4, -0.2) is 32.9 Å². The minimum absolute atomic E-state index is 0.0933. The van der Waals surface area contributed by atoms with Crippen molar-refractivity contribution in [3.8, 4) is 0 Å². The molecule has 31 heavy (non-hydrogen) atoms. The first-order chi connectivity index (χ1) is 14.7. The minimum atomic E-state index is -1.69. The Morgan fingerprint density at radius 2 is 2.00 bits per heavy atom. The molecule has 2 heterocycles. The Morgan fingerprint density at radius 1 is 1.29 bits per heavy atom. The van der Waals surface area contributed by atoms with E-state index in [-0.39, 0.29) is 23.5 Å². The summed E-state index contributed by atoms with van der Waals surface area (Å²) in [5.74, 6) is -3.62. The third-order valence-corrected chi connectivity index (χ3v) is 5.53. The summed E-state index contributed by atoms with van der Waals surface area (Å²) in [6.07, 6.45) is 3.33. The Balaban J connectivity index is 2.10. The number of H-pyrrole nitrogens is 1. The van der Waals surface area contributed by atoms with Crippen molar-refractivity contribution in [2.24, 2.45) is 0 Å². The van der Waals surface area contributed by atoms with Crippen LogP contribution in [0.3, 0.4) is 0 Å². The smallest absolute Gasteiger partial charge is 0.200 e. The molecule has 1 atom stereocenters. The lowest BCUT2D eigenvalue weighted by Gasteiger charge is -2.04. The fourth-order valence-electron chi connectivity index (χ4n) is 2.86. The quantitative estimate of drug-likeness (QED) is 0.268. The number of aryl methyl sites for hydroxylation is 1. The predicted molar refractivity (Wildman–Crippen MR) is 115 cm³/mol. The fourth-order valence-corrected chi connectivity index (χ4v) is 3.85. The van der Waals surface area contributed by atoms with Crippen LogP contribution in [0.15, 0.2) is 41.6 Å². The molecule has 0 spiro atoms. The van der Waals surface area contributed by atoms with Crippen LogP contribution in [0.1, 0.15) is 71.4 Å². The van der Waals surface area contributed by atoms with Gasteiger partial charge in [0, 0.05) is 24.6 Å². The number of alkyl halides is 1. The standard InChI is InChI=1S/C22H24F3N3O2S/c1-5-14(6-2)22-28-27-19(31-22)8-7-18(29)17-10-15(11-26-17)21(30)20(13(4)24)16(25)9-12(3)23/h5,9-12,26H,6-8H2,1-4H3. The zero-order chi connectivity index (χ0) is 23.1. The van der Waals surface area contributed by atoms with Gasteiger partial charge in [0.05, 0.1) is 11.3 Å². The van der Waals surface area contributed by atoms with Crippen LogP contribution in [0.25, 0.3) is 5.57 Å². The van der Waals surface area contributed by atoms with Crippen molar-refractivity contribution < 1.29 is 22.8 Å². The number of rotatable bonds is 10. The van der Waals surface area contributed by atoms with Crippen LogP contribution in [0.2, 0.25) is 0 Å². The molecule has 0 amide bonds. The van der Waals surface area contributed by atoms with Crippen LogP contribution < -0.4 is 0 Å². The maximum absolute atomic E-state index is 14.1. The van der Waals surface area contributed by atoms with Gasteiger partial charge in [-0.1, -0.05) is 24.3 Å². The number of aromatic amines is 1. The summed E-state index contributed by atoms with van der Waals surface area (Å²) >= 11 is 1.42. The topological polar surface area (TPSA) is 75.7 Å². The molecule has 0 aliphatic heterocycles. The van der Waals surface area contributed by atoms with Crippen molar-refractivity contribution in [2.45, 2.75) is 53.1 Å². The van der Waals surface area contributed by atoms with Gasteiger partial charge >= 0.3 is 0 Å². The van der Waals surface area contributed by atoms with Crippen molar-refractivity contribution >= 4 is 28.5 Å². The van der Waals surface area contributed by atoms with Gasteiger partial charge in [0.25, 0.3) is 0 Å². The van der Waals surface area contributed by atoms with Crippen molar-refractivity contribution in [3.05, 3.63) is 62.9 Å². The van der Waals surface area contributed by atoms with Gasteiger partial charge in [-0.25, -0.2) is 13.2 Å². The molecule has 0 aromatic carbocycles. The van der Waals surface area contributed by atoms with Crippen LogP contribution in [0.4, 0.5) is 13.2 Å². The van der Waals surface area contributed by atoms with Crippen molar-refractivity contribution in [1.82, 2.24) is 15.2 Å². The molecule has 2 rings (SSSR count). The van der Waals surface area contributed by atoms with Gasteiger partial charge < -0.3 is 4.98 Å². The number of carbonyl (C=O) groups is 2. The molecule has 2 aromatic heterocycles. The average Bonchev–Trinajstić information content (AvgIpc) is 3.36. The molecule has 166 valence electrons. The number of ketones is 2. The molecule has 9 heteroatoms. The zero-order valence-corrected chi connectivity index (χ0v) is 18.6. The summed E-state index contributed by atoms with van der Waals surface area (Å²) in [5, 5.41) is 9.77. The number of carbonyl (C=O) groups excluding carboxylic acids is 2. The molecule has 1 unspecified atom stereocenters. The number of allylic oxidation sites excluding steroid dienone is 6. The number of Topliss-reactive ketones (excluding diaryl/α,β-unsaturated/α-hetero) is 2. The minimum Gasteiger partial charge on any atom is -0.358 e. The van der Waals surface area contributed by atoms with Gasteiger partial charge in [-0.05, 0) is 44.9 Å². The van der Waals surface area contributed by atoms with E-state index in [0.717, 1.165) is 30.8 Å². The molecule has 0 bridgehead atoms. The van der Waals surface area contributed by atoms with E-state index in [2.05, 4.69) is 15.2 Å². The molecule has 2 aromatic rings. The normalized spacial score (nSPS) is 14.4. The predicted octanol–water partition coefficient (Wildman–Crippen LogP) is 6.13. The summed E-state index contributed by atoms with van der Waals surface area (Å²) in [7, 11) is 0. The van der Waals surface area contributed by atoms with Gasteiger partial charge in [-0.15, -0.1) is 10.2 Å². The average molecular weight is 452 g/mol. The fraction of sp³-hybridized carbons (Fsp3) is 0.364. The van der Waals surface area contributed by atoms with Crippen molar-refractivity contribution in [3.63, 3.8) is 0 Å². The molecule has 0 saturated heterocycles. The Labute approximate surface area is 182 Å². The van der Waals surface area contributed by atoms with E-state index in [9.17, 15) is 22.8 Å². The highest BCUT2D eigenvalue weighted by molar-refractivity contribution is 7.12. The molecule has 0 saturated carbocycles. The second-order valence-corrected chi connectivity index (χ2v) is 7.89. The molecule has 0 radical (unpaired) electrons. The van der Waals surface area contributed by atoms with E-state index in [1.54, 1.807) is 0 Å². The van der Waals surface area contributed by atoms with Gasteiger partial charge in [0.2, 0.25) is 0 Å². The van der Waals surface area contributed by atoms with Gasteiger partial charge in [-0.2, -0.15) is 0 Å². The third kappa shape index (κ3) is 6.33. The lowest BCUT2D eigenvalue weighted by atomic mass is 10.0. The van der Waals surface area contributed by atoms with Gasteiger partial charge in [0.15, 0.2) is 11.6 Å². The first-order valence-corrected chi connectivity index (χ1v) is 10.6. The Bertz CT molecular complexity index is 1040. The van der Waals surface area contributed by atoms with Crippen molar-refractivity contribution in [2.75, 3.05) is 0 Å².